The number of ether oxygens (including phenoxy) is 1. The number of carbonyl (C=O) groups excluding carboxylic acids is 2. The van der Waals surface area contributed by atoms with E-state index in [1.807, 2.05) is 85.8 Å². The van der Waals surface area contributed by atoms with Crippen LogP contribution in [0, 0.1) is 0 Å². The summed E-state index contributed by atoms with van der Waals surface area (Å²) in [6.45, 7) is 3.13. The lowest BCUT2D eigenvalue weighted by atomic mass is 10.1. The fourth-order valence-electron chi connectivity index (χ4n) is 3.24. The molecule has 5 nitrogen and oxygen atoms in total. The minimum Gasteiger partial charge on any atom is -0.497 e. The van der Waals surface area contributed by atoms with Gasteiger partial charge in [-0.15, -0.1) is 0 Å². The van der Waals surface area contributed by atoms with Crippen molar-refractivity contribution in [2.24, 2.45) is 0 Å². The minimum atomic E-state index is -0.0788. The molecule has 0 spiro atoms. The Balaban J connectivity index is 1.83. The Bertz CT molecular complexity index is 983. The monoisotopic (exact) mass is 416 g/mol. The van der Waals surface area contributed by atoms with E-state index in [1.54, 1.807) is 12.0 Å². The Morgan fingerprint density at radius 2 is 1.52 bits per heavy atom. The highest BCUT2D eigenvalue weighted by molar-refractivity contribution is 6.06. The molecule has 0 radical (unpaired) electrons. The zero-order valence-corrected chi connectivity index (χ0v) is 18.0. The maximum absolute atomic E-state index is 13.3. The molecular weight excluding hydrogens is 388 g/mol. The second-order valence-electron chi connectivity index (χ2n) is 7.30. The molecule has 0 unspecified atom stereocenters. The fraction of sp³-hybridized carbons (Fsp3) is 0.231. The number of carbonyl (C=O) groups is 2. The van der Waals surface area contributed by atoms with Crippen LogP contribution in [-0.4, -0.2) is 25.5 Å². The summed E-state index contributed by atoms with van der Waals surface area (Å²) in [5, 5.41) is 2.89. The third-order valence-corrected chi connectivity index (χ3v) is 4.95. The maximum atomic E-state index is 13.3. The van der Waals surface area contributed by atoms with E-state index in [9.17, 15) is 9.59 Å². The molecule has 31 heavy (non-hydrogen) atoms. The van der Waals surface area contributed by atoms with E-state index in [0.29, 0.717) is 25.1 Å². The second-order valence-corrected chi connectivity index (χ2v) is 7.30. The molecule has 0 aromatic heterocycles. The van der Waals surface area contributed by atoms with Gasteiger partial charge in [0.15, 0.2) is 0 Å². The number of methoxy groups -OCH3 is 1. The van der Waals surface area contributed by atoms with E-state index in [4.69, 9.17) is 4.74 Å². The van der Waals surface area contributed by atoms with Crippen LogP contribution >= 0.6 is 0 Å². The van der Waals surface area contributed by atoms with Crippen LogP contribution in [0.25, 0.3) is 0 Å². The summed E-state index contributed by atoms with van der Waals surface area (Å²) in [5.74, 6) is 0.699. The normalized spacial score (nSPS) is 10.4. The van der Waals surface area contributed by atoms with E-state index in [2.05, 4.69) is 5.32 Å². The van der Waals surface area contributed by atoms with Gasteiger partial charge in [-0.3, -0.25) is 9.59 Å². The van der Waals surface area contributed by atoms with Gasteiger partial charge in [0, 0.05) is 17.8 Å². The zero-order valence-electron chi connectivity index (χ0n) is 18.0. The quantitative estimate of drug-likeness (QED) is 0.554. The lowest BCUT2D eigenvalue weighted by Gasteiger charge is -2.23. The number of rotatable bonds is 9. The molecule has 0 aliphatic heterocycles. The van der Waals surface area contributed by atoms with Crippen molar-refractivity contribution in [2.75, 3.05) is 18.6 Å². The van der Waals surface area contributed by atoms with Gasteiger partial charge in [0.25, 0.3) is 5.91 Å². The topological polar surface area (TPSA) is 58.6 Å². The maximum Gasteiger partial charge on any atom is 0.258 e. The second kappa shape index (κ2) is 11.0. The van der Waals surface area contributed by atoms with Crippen LogP contribution in [0.15, 0.2) is 78.9 Å². The molecule has 0 aliphatic rings. The van der Waals surface area contributed by atoms with Crippen molar-refractivity contribution in [1.82, 2.24) is 5.32 Å². The molecule has 2 amide bonds. The van der Waals surface area contributed by atoms with Crippen molar-refractivity contribution in [3.63, 3.8) is 0 Å². The Labute approximate surface area is 183 Å². The zero-order chi connectivity index (χ0) is 22.1. The van der Waals surface area contributed by atoms with Crippen LogP contribution in [0.4, 0.5) is 5.69 Å². The minimum absolute atomic E-state index is 0.00468. The highest BCUT2D eigenvalue weighted by Crippen LogP contribution is 2.22. The molecule has 0 bridgehead atoms. The van der Waals surface area contributed by atoms with Gasteiger partial charge in [0.1, 0.15) is 5.75 Å². The number of amides is 2. The Morgan fingerprint density at radius 3 is 2.13 bits per heavy atom. The standard InChI is InChI=1S/C26H28N2O3/c1-3-17-27-25(29)18-20-9-13-23(14-10-20)28(26(30)22-7-5-4-6-8-22)19-21-11-15-24(31-2)16-12-21/h4-16H,3,17-19H2,1-2H3,(H,27,29). The highest BCUT2D eigenvalue weighted by atomic mass is 16.5. The van der Waals surface area contributed by atoms with E-state index < -0.39 is 0 Å². The molecule has 0 aliphatic carbocycles. The average molecular weight is 417 g/mol. The first kappa shape index (κ1) is 22.1. The van der Waals surface area contributed by atoms with E-state index in [0.717, 1.165) is 29.0 Å². The summed E-state index contributed by atoms with van der Waals surface area (Å²) in [5.41, 5.74) is 3.31. The molecule has 5 heteroatoms. The summed E-state index contributed by atoms with van der Waals surface area (Å²) < 4.78 is 5.23. The Morgan fingerprint density at radius 1 is 0.871 bits per heavy atom. The predicted octanol–water partition coefficient (Wildman–Crippen LogP) is 4.61. The van der Waals surface area contributed by atoms with Crippen molar-refractivity contribution < 1.29 is 14.3 Å². The van der Waals surface area contributed by atoms with Crippen molar-refractivity contribution in [1.29, 1.82) is 0 Å². The van der Waals surface area contributed by atoms with Gasteiger partial charge in [-0.1, -0.05) is 49.4 Å². The SMILES string of the molecule is CCCNC(=O)Cc1ccc(N(Cc2ccc(OC)cc2)C(=O)c2ccccc2)cc1. The fourth-order valence-corrected chi connectivity index (χ4v) is 3.24. The summed E-state index contributed by atoms with van der Waals surface area (Å²) in [6, 6.07) is 24.5. The van der Waals surface area contributed by atoms with Gasteiger partial charge in [-0.05, 0) is 53.9 Å². The number of anilines is 1. The Kier molecular flexibility index (Phi) is 7.82. The molecule has 3 rings (SSSR count). The van der Waals surface area contributed by atoms with Crippen LogP contribution in [0.1, 0.15) is 34.8 Å². The molecule has 0 heterocycles. The largest absolute Gasteiger partial charge is 0.497 e. The third kappa shape index (κ3) is 6.19. The van der Waals surface area contributed by atoms with Crippen molar-refractivity contribution >= 4 is 17.5 Å². The lowest BCUT2D eigenvalue weighted by molar-refractivity contribution is -0.120. The molecular formula is C26H28N2O3. The third-order valence-electron chi connectivity index (χ3n) is 4.95. The molecule has 3 aromatic rings. The average Bonchev–Trinajstić information content (AvgIpc) is 2.82. The lowest BCUT2D eigenvalue weighted by Crippen LogP contribution is -2.30. The number of benzene rings is 3. The van der Waals surface area contributed by atoms with E-state index in [-0.39, 0.29) is 11.8 Å². The van der Waals surface area contributed by atoms with Crippen LogP contribution in [0.5, 0.6) is 5.75 Å². The van der Waals surface area contributed by atoms with Crippen molar-refractivity contribution in [3.8, 4) is 5.75 Å². The Hall–Kier alpha value is -3.60. The van der Waals surface area contributed by atoms with Gasteiger partial charge in [0.05, 0.1) is 20.1 Å². The molecule has 0 fully saturated rings. The molecule has 0 atom stereocenters. The van der Waals surface area contributed by atoms with Gasteiger partial charge in [-0.2, -0.15) is 0 Å². The van der Waals surface area contributed by atoms with Gasteiger partial charge >= 0.3 is 0 Å². The molecule has 0 saturated heterocycles. The first-order chi connectivity index (χ1) is 15.1. The van der Waals surface area contributed by atoms with Crippen LogP contribution in [0.2, 0.25) is 0 Å². The first-order valence-corrected chi connectivity index (χ1v) is 10.5. The van der Waals surface area contributed by atoms with Crippen molar-refractivity contribution in [3.05, 3.63) is 95.6 Å². The van der Waals surface area contributed by atoms with Gasteiger partial charge in [-0.25, -0.2) is 0 Å². The number of nitrogens with zero attached hydrogens (tertiary/aromatic N) is 1. The van der Waals surface area contributed by atoms with E-state index >= 15 is 0 Å². The number of hydrogen-bond donors (Lipinski definition) is 1. The summed E-state index contributed by atoms with van der Waals surface area (Å²) >= 11 is 0. The summed E-state index contributed by atoms with van der Waals surface area (Å²) in [4.78, 5) is 27.0. The summed E-state index contributed by atoms with van der Waals surface area (Å²) in [6.07, 6.45) is 1.23. The number of hydrogen-bond acceptors (Lipinski definition) is 3. The molecule has 1 N–H and O–H groups in total. The molecule has 3 aromatic carbocycles. The van der Waals surface area contributed by atoms with Gasteiger partial charge < -0.3 is 15.0 Å². The highest BCUT2D eigenvalue weighted by Gasteiger charge is 2.18. The summed E-state index contributed by atoms with van der Waals surface area (Å²) in [7, 11) is 1.63. The first-order valence-electron chi connectivity index (χ1n) is 10.5. The molecule has 160 valence electrons. The van der Waals surface area contributed by atoms with Crippen molar-refractivity contribution in [2.45, 2.75) is 26.3 Å². The van der Waals surface area contributed by atoms with Crippen LogP contribution < -0.4 is 15.0 Å². The van der Waals surface area contributed by atoms with Crippen LogP contribution in [-0.2, 0) is 17.8 Å². The van der Waals surface area contributed by atoms with Crippen LogP contribution in [0.3, 0.4) is 0 Å². The predicted molar refractivity (Wildman–Crippen MR) is 123 cm³/mol. The molecule has 0 saturated carbocycles. The van der Waals surface area contributed by atoms with Gasteiger partial charge in [0.2, 0.25) is 5.91 Å². The van der Waals surface area contributed by atoms with E-state index in [1.165, 1.54) is 0 Å². The smallest absolute Gasteiger partial charge is 0.258 e. The number of nitrogens with one attached hydrogen (secondary N) is 1.